The molecule has 3 aromatic rings. The van der Waals surface area contributed by atoms with E-state index in [9.17, 15) is 9.59 Å². The van der Waals surface area contributed by atoms with Gasteiger partial charge in [0.15, 0.2) is 0 Å². The van der Waals surface area contributed by atoms with Crippen LogP contribution < -0.4 is 5.32 Å². The van der Waals surface area contributed by atoms with Crippen LogP contribution in [0.1, 0.15) is 43.0 Å². The van der Waals surface area contributed by atoms with Crippen molar-refractivity contribution in [3.05, 3.63) is 106 Å². The van der Waals surface area contributed by atoms with Crippen molar-refractivity contribution in [1.82, 2.24) is 10.2 Å². The maximum Gasteiger partial charge on any atom is 0.243 e. The molecule has 0 aliphatic carbocycles. The number of hydrogen-bond donors (Lipinski definition) is 1. The molecular weight excluding hydrogens is 488 g/mol. The van der Waals surface area contributed by atoms with Gasteiger partial charge in [-0.25, -0.2) is 0 Å². The summed E-state index contributed by atoms with van der Waals surface area (Å²) in [5, 5.41) is 3.73. The van der Waals surface area contributed by atoms with Crippen LogP contribution in [0.25, 0.3) is 0 Å². The summed E-state index contributed by atoms with van der Waals surface area (Å²) in [7, 11) is 0. The molecule has 0 fully saturated rings. The smallest absolute Gasteiger partial charge is 0.243 e. The second kappa shape index (κ2) is 13.0. The molecule has 3 rings (SSSR count). The first-order chi connectivity index (χ1) is 17.1. The van der Waals surface area contributed by atoms with Gasteiger partial charge < -0.3 is 10.2 Å². The second-order valence-electron chi connectivity index (χ2n) is 10.1. The van der Waals surface area contributed by atoms with Gasteiger partial charge in [-0.3, -0.25) is 9.59 Å². The Labute approximate surface area is 224 Å². The summed E-state index contributed by atoms with van der Waals surface area (Å²) in [4.78, 5) is 28.9. The standard InChI is InChI=1S/C30H35ClN2O2S/c1-22-9-8-12-25(17-22)20-36-21-28(34)33(19-24-13-15-26(31)16-14-24)27(29(35)32-30(2,3)4)18-23-10-6-5-7-11-23/h5-17,27H,18-21H2,1-4H3,(H,32,35)/t27-/m1/s1. The number of hydrogen-bond acceptors (Lipinski definition) is 3. The van der Waals surface area contributed by atoms with Crippen LogP contribution in [0.4, 0.5) is 0 Å². The van der Waals surface area contributed by atoms with Gasteiger partial charge in [0.1, 0.15) is 6.04 Å². The van der Waals surface area contributed by atoms with Crippen LogP contribution in [0.15, 0.2) is 78.9 Å². The molecule has 1 N–H and O–H groups in total. The summed E-state index contributed by atoms with van der Waals surface area (Å²) in [6.45, 7) is 8.25. The molecule has 1 atom stereocenters. The molecule has 190 valence electrons. The fourth-order valence-electron chi connectivity index (χ4n) is 3.93. The van der Waals surface area contributed by atoms with Crippen LogP contribution in [0.3, 0.4) is 0 Å². The highest BCUT2D eigenvalue weighted by Crippen LogP contribution is 2.20. The minimum Gasteiger partial charge on any atom is -0.350 e. The number of amides is 2. The zero-order chi connectivity index (χ0) is 26.1. The van der Waals surface area contributed by atoms with Crippen LogP contribution in [-0.4, -0.2) is 34.0 Å². The lowest BCUT2D eigenvalue weighted by atomic mass is 10.0. The van der Waals surface area contributed by atoms with Crippen LogP contribution in [0.5, 0.6) is 0 Å². The van der Waals surface area contributed by atoms with Crippen molar-refractivity contribution >= 4 is 35.2 Å². The summed E-state index contributed by atoms with van der Waals surface area (Å²) < 4.78 is 0. The maximum atomic E-state index is 13.7. The van der Waals surface area contributed by atoms with Gasteiger partial charge in [-0.2, -0.15) is 0 Å². The van der Waals surface area contributed by atoms with Crippen LogP contribution in [-0.2, 0) is 28.3 Å². The average molecular weight is 523 g/mol. The number of carbonyl (C=O) groups excluding carboxylic acids is 2. The lowest BCUT2D eigenvalue weighted by molar-refractivity contribution is -0.140. The zero-order valence-corrected chi connectivity index (χ0v) is 23.0. The molecule has 4 nitrogen and oxygen atoms in total. The highest BCUT2D eigenvalue weighted by molar-refractivity contribution is 7.99. The molecule has 0 saturated heterocycles. The summed E-state index contributed by atoms with van der Waals surface area (Å²) in [6.07, 6.45) is 0.435. The quantitative estimate of drug-likeness (QED) is 0.333. The van der Waals surface area contributed by atoms with E-state index in [4.69, 9.17) is 11.6 Å². The number of carbonyl (C=O) groups is 2. The van der Waals surface area contributed by atoms with Gasteiger partial charge in [0.2, 0.25) is 11.8 Å². The third kappa shape index (κ3) is 9.03. The summed E-state index contributed by atoms with van der Waals surface area (Å²) >= 11 is 7.66. The molecule has 0 saturated carbocycles. The van der Waals surface area contributed by atoms with Crippen LogP contribution >= 0.6 is 23.4 Å². The Bertz CT molecular complexity index is 1140. The van der Waals surface area contributed by atoms with Gasteiger partial charge in [-0.15, -0.1) is 11.8 Å². The van der Waals surface area contributed by atoms with E-state index in [1.54, 1.807) is 16.7 Å². The van der Waals surface area contributed by atoms with Crippen LogP contribution in [0.2, 0.25) is 5.02 Å². The van der Waals surface area contributed by atoms with Gasteiger partial charge in [0.05, 0.1) is 5.75 Å². The fourth-order valence-corrected chi connectivity index (χ4v) is 4.92. The number of rotatable bonds is 10. The number of halogens is 1. The van der Waals surface area contributed by atoms with Crippen molar-refractivity contribution in [2.24, 2.45) is 0 Å². The molecule has 0 aliphatic rings. The van der Waals surface area contributed by atoms with Crippen molar-refractivity contribution < 1.29 is 9.59 Å². The summed E-state index contributed by atoms with van der Waals surface area (Å²) in [5.74, 6) is 0.806. The third-order valence-corrected chi connectivity index (χ3v) is 6.85. The van der Waals surface area contributed by atoms with Gasteiger partial charge in [0.25, 0.3) is 0 Å². The Morgan fingerprint density at radius 2 is 1.58 bits per heavy atom. The molecule has 0 aromatic heterocycles. The minimum atomic E-state index is -0.644. The molecule has 0 radical (unpaired) electrons. The van der Waals surface area contributed by atoms with Gasteiger partial charge in [0, 0.05) is 29.3 Å². The number of benzene rings is 3. The van der Waals surface area contributed by atoms with E-state index in [1.165, 1.54) is 11.1 Å². The van der Waals surface area contributed by atoms with E-state index in [1.807, 2.05) is 81.4 Å². The monoisotopic (exact) mass is 522 g/mol. The first-order valence-corrected chi connectivity index (χ1v) is 13.7. The number of thioether (sulfide) groups is 1. The maximum absolute atomic E-state index is 13.7. The number of nitrogens with one attached hydrogen (secondary N) is 1. The van der Waals surface area contributed by atoms with E-state index in [0.717, 1.165) is 16.9 Å². The molecule has 0 aliphatic heterocycles. The lowest BCUT2D eigenvalue weighted by Gasteiger charge is -2.34. The largest absolute Gasteiger partial charge is 0.350 e. The number of nitrogens with zero attached hydrogens (tertiary/aromatic N) is 1. The Kier molecular flexibility index (Phi) is 10.0. The predicted octanol–water partition coefficient (Wildman–Crippen LogP) is 6.44. The SMILES string of the molecule is Cc1cccc(CSCC(=O)N(Cc2ccc(Cl)cc2)[C@H](Cc2ccccc2)C(=O)NC(C)(C)C)c1. The second-order valence-corrected chi connectivity index (χ2v) is 11.5. The highest BCUT2D eigenvalue weighted by Gasteiger charge is 2.32. The molecular formula is C30H35ClN2O2S. The van der Waals surface area contributed by atoms with E-state index in [0.29, 0.717) is 18.0 Å². The molecule has 0 heterocycles. The van der Waals surface area contributed by atoms with E-state index < -0.39 is 11.6 Å². The third-order valence-electron chi connectivity index (χ3n) is 5.61. The normalized spacial score (nSPS) is 12.1. The zero-order valence-electron chi connectivity index (χ0n) is 21.5. The minimum absolute atomic E-state index is 0.0624. The Morgan fingerprint density at radius 1 is 0.917 bits per heavy atom. The van der Waals surface area contributed by atoms with E-state index >= 15 is 0 Å². The highest BCUT2D eigenvalue weighted by atomic mass is 35.5. The number of aryl methyl sites for hydroxylation is 1. The van der Waals surface area contributed by atoms with Crippen molar-refractivity contribution in [1.29, 1.82) is 0 Å². The fraction of sp³-hybridized carbons (Fsp3) is 0.333. The van der Waals surface area contributed by atoms with E-state index in [-0.39, 0.29) is 17.6 Å². The molecule has 0 bridgehead atoms. The van der Waals surface area contributed by atoms with Gasteiger partial charge in [-0.05, 0) is 56.5 Å². The van der Waals surface area contributed by atoms with Crippen molar-refractivity contribution in [2.75, 3.05) is 5.75 Å². The van der Waals surface area contributed by atoms with E-state index in [2.05, 4.69) is 30.4 Å². The van der Waals surface area contributed by atoms with Crippen molar-refractivity contribution in [3.8, 4) is 0 Å². The van der Waals surface area contributed by atoms with Crippen LogP contribution in [0, 0.1) is 6.92 Å². The van der Waals surface area contributed by atoms with Gasteiger partial charge in [-0.1, -0.05) is 83.9 Å². The molecule has 2 amide bonds. The first kappa shape index (κ1) is 27.8. The molecule has 6 heteroatoms. The topological polar surface area (TPSA) is 49.4 Å². The lowest BCUT2D eigenvalue weighted by Crippen LogP contribution is -2.54. The Balaban J connectivity index is 1.86. The molecule has 36 heavy (non-hydrogen) atoms. The molecule has 0 unspecified atom stereocenters. The predicted molar refractivity (Wildman–Crippen MR) is 151 cm³/mol. The summed E-state index contributed by atoms with van der Waals surface area (Å²) in [5.41, 5.74) is 3.90. The first-order valence-electron chi connectivity index (χ1n) is 12.1. The average Bonchev–Trinajstić information content (AvgIpc) is 2.82. The molecule has 3 aromatic carbocycles. The molecule has 0 spiro atoms. The van der Waals surface area contributed by atoms with Crippen molar-refractivity contribution in [2.45, 2.75) is 58.0 Å². The van der Waals surface area contributed by atoms with Gasteiger partial charge >= 0.3 is 0 Å². The Morgan fingerprint density at radius 3 is 2.22 bits per heavy atom. The van der Waals surface area contributed by atoms with Crippen molar-refractivity contribution in [3.63, 3.8) is 0 Å². The Hall–Kier alpha value is -2.76. The summed E-state index contributed by atoms with van der Waals surface area (Å²) in [6, 6.07) is 25.0.